The van der Waals surface area contributed by atoms with Crippen molar-refractivity contribution in [2.45, 2.75) is 45.7 Å². The summed E-state index contributed by atoms with van der Waals surface area (Å²) in [5, 5.41) is 6.31. The SMILES string of the molecule is CC(C)NC(=O)C1CCNC(C)C1. The lowest BCUT2D eigenvalue weighted by Gasteiger charge is -2.27. The maximum Gasteiger partial charge on any atom is 0.223 e. The van der Waals surface area contributed by atoms with Crippen LogP contribution in [0.3, 0.4) is 0 Å². The summed E-state index contributed by atoms with van der Waals surface area (Å²) in [6, 6.07) is 0.745. The number of carbonyl (C=O) groups excluding carboxylic acids is 1. The van der Waals surface area contributed by atoms with Gasteiger partial charge in [0, 0.05) is 18.0 Å². The first-order valence-electron chi connectivity index (χ1n) is 5.13. The molecule has 76 valence electrons. The molecule has 2 unspecified atom stereocenters. The molecule has 1 amide bonds. The van der Waals surface area contributed by atoms with E-state index in [2.05, 4.69) is 17.6 Å². The molecular weight excluding hydrogens is 164 g/mol. The van der Waals surface area contributed by atoms with Gasteiger partial charge in [0.15, 0.2) is 0 Å². The first kappa shape index (κ1) is 10.5. The lowest BCUT2D eigenvalue weighted by Crippen LogP contribution is -2.44. The zero-order chi connectivity index (χ0) is 9.84. The van der Waals surface area contributed by atoms with Crippen LogP contribution in [-0.2, 0) is 4.79 Å². The Kier molecular flexibility index (Phi) is 3.72. The van der Waals surface area contributed by atoms with E-state index in [0.717, 1.165) is 19.4 Å². The van der Waals surface area contributed by atoms with E-state index in [0.29, 0.717) is 6.04 Å². The van der Waals surface area contributed by atoms with Crippen LogP contribution in [0, 0.1) is 5.92 Å². The maximum absolute atomic E-state index is 11.6. The molecule has 0 aromatic heterocycles. The fraction of sp³-hybridized carbons (Fsp3) is 0.900. The minimum absolute atomic E-state index is 0.221. The Balaban J connectivity index is 2.37. The van der Waals surface area contributed by atoms with Gasteiger partial charge in [-0.15, -0.1) is 0 Å². The molecule has 0 bridgehead atoms. The molecule has 2 N–H and O–H groups in total. The van der Waals surface area contributed by atoms with Crippen molar-refractivity contribution in [3.05, 3.63) is 0 Å². The molecule has 1 aliphatic heterocycles. The Labute approximate surface area is 80.3 Å². The summed E-state index contributed by atoms with van der Waals surface area (Å²) in [5.74, 6) is 0.446. The van der Waals surface area contributed by atoms with Gasteiger partial charge in [0.05, 0.1) is 0 Å². The average Bonchev–Trinajstić information content (AvgIpc) is 2.03. The van der Waals surface area contributed by atoms with Crippen molar-refractivity contribution in [3.63, 3.8) is 0 Å². The van der Waals surface area contributed by atoms with Crippen LogP contribution in [-0.4, -0.2) is 24.5 Å². The van der Waals surface area contributed by atoms with Gasteiger partial charge in [0.25, 0.3) is 0 Å². The van der Waals surface area contributed by atoms with Crippen molar-refractivity contribution >= 4 is 5.91 Å². The van der Waals surface area contributed by atoms with Crippen molar-refractivity contribution in [1.82, 2.24) is 10.6 Å². The quantitative estimate of drug-likeness (QED) is 0.669. The summed E-state index contributed by atoms with van der Waals surface area (Å²) < 4.78 is 0. The van der Waals surface area contributed by atoms with Crippen LogP contribution in [0.1, 0.15) is 33.6 Å². The van der Waals surface area contributed by atoms with E-state index in [1.807, 2.05) is 13.8 Å². The summed E-state index contributed by atoms with van der Waals surface area (Å²) >= 11 is 0. The Bertz CT molecular complexity index is 180. The minimum Gasteiger partial charge on any atom is -0.354 e. The lowest BCUT2D eigenvalue weighted by molar-refractivity contribution is -0.126. The smallest absolute Gasteiger partial charge is 0.223 e. The van der Waals surface area contributed by atoms with Crippen molar-refractivity contribution in [2.75, 3.05) is 6.54 Å². The second-order valence-electron chi connectivity index (χ2n) is 4.24. The molecule has 3 nitrogen and oxygen atoms in total. The van der Waals surface area contributed by atoms with Gasteiger partial charge < -0.3 is 10.6 Å². The van der Waals surface area contributed by atoms with Gasteiger partial charge in [-0.1, -0.05) is 0 Å². The van der Waals surface area contributed by atoms with Crippen molar-refractivity contribution in [1.29, 1.82) is 0 Å². The fourth-order valence-electron chi connectivity index (χ4n) is 1.77. The van der Waals surface area contributed by atoms with Gasteiger partial charge in [-0.25, -0.2) is 0 Å². The zero-order valence-corrected chi connectivity index (χ0v) is 8.76. The van der Waals surface area contributed by atoms with Crippen molar-refractivity contribution in [2.24, 2.45) is 5.92 Å². The molecule has 0 saturated carbocycles. The molecule has 0 aliphatic carbocycles. The van der Waals surface area contributed by atoms with Crippen LogP contribution in [0.15, 0.2) is 0 Å². The van der Waals surface area contributed by atoms with Gasteiger partial charge in [-0.3, -0.25) is 4.79 Å². The zero-order valence-electron chi connectivity index (χ0n) is 8.76. The molecule has 0 radical (unpaired) electrons. The first-order valence-corrected chi connectivity index (χ1v) is 5.13. The van der Waals surface area contributed by atoms with E-state index < -0.39 is 0 Å². The van der Waals surface area contributed by atoms with Crippen LogP contribution >= 0.6 is 0 Å². The molecular formula is C10H20N2O. The van der Waals surface area contributed by atoms with Crippen LogP contribution in [0.4, 0.5) is 0 Å². The third kappa shape index (κ3) is 3.35. The maximum atomic E-state index is 11.6. The third-order valence-corrected chi connectivity index (χ3v) is 2.43. The summed E-state index contributed by atoms with van der Waals surface area (Å²) in [5.41, 5.74) is 0. The number of hydrogen-bond donors (Lipinski definition) is 2. The lowest BCUT2D eigenvalue weighted by atomic mass is 9.92. The van der Waals surface area contributed by atoms with Gasteiger partial charge in [-0.05, 0) is 40.2 Å². The van der Waals surface area contributed by atoms with Gasteiger partial charge in [0.2, 0.25) is 5.91 Å². The number of amides is 1. The summed E-state index contributed by atoms with van der Waals surface area (Å²) in [6.45, 7) is 7.11. The van der Waals surface area contributed by atoms with E-state index in [4.69, 9.17) is 0 Å². The van der Waals surface area contributed by atoms with E-state index in [1.165, 1.54) is 0 Å². The standard InChI is InChI=1S/C10H20N2O/c1-7(2)12-10(13)9-4-5-11-8(3)6-9/h7-9,11H,4-6H2,1-3H3,(H,12,13). The van der Waals surface area contributed by atoms with E-state index >= 15 is 0 Å². The highest BCUT2D eigenvalue weighted by Gasteiger charge is 2.24. The van der Waals surface area contributed by atoms with E-state index in [9.17, 15) is 4.79 Å². The summed E-state index contributed by atoms with van der Waals surface area (Å²) in [4.78, 5) is 11.6. The number of hydrogen-bond acceptors (Lipinski definition) is 2. The molecule has 0 spiro atoms. The Morgan fingerprint density at radius 1 is 1.54 bits per heavy atom. The Hall–Kier alpha value is -0.570. The molecule has 1 heterocycles. The van der Waals surface area contributed by atoms with Gasteiger partial charge in [-0.2, -0.15) is 0 Å². The molecule has 13 heavy (non-hydrogen) atoms. The molecule has 0 aromatic carbocycles. The summed E-state index contributed by atoms with van der Waals surface area (Å²) in [6.07, 6.45) is 1.95. The monoisotopic (exact) mass is 184 g/mol. The Morgan fingerprint density at radius 3 is 2.77 bits per heavy atom. The number of piperidine rings is 1. The topological polar surface area (TPSA) is 41.1 Å². The van der Waals surface area contributed by atoms with E-state index in [-0.39, 0.29) is 17.9 Å². The highest BCUT2D eigenvalue weighted by molar-refractivity contribution is 5.79. The minimum atomic E-state index is 0.221. The largest absolute Gasteiger partial charge is 0.354 e. The number of carbonyl (C=O) groups is 1. The van der Waals surface area contributed by atoms with E-state index in [1.54, 1.807) is 0 Å². The van der Waals surface area contributed by atoms with Crippen LogP contribution in [0.5, 0.6) is 0 Å². The average molecular weight is 184 g/mol. The fourth-order valence-corrected chi connectivity index (χ4v) is 1.77. The second kappa shape index (κ2) is 4.61. The predicted octanol–water partition coefficient (Wildman–Crippen LogP) is 0.899. The third-order valence-electron chi connectivity index (χ3n) is 2.43. The number of rotatable bonds is 2. The number of nitrogens with one attached hydrogen (secondary N) is 2. The highest BCUT2D eigenvalue weighted by atomic mass is 16.1. The van der Waals surface area contributed by atoms with Crippen molar-refractivity contribution < 1.29 is 4.79 Å². The second-order valence-corrected chi connectivity index (χ2v) is 4.24. The molecule has 1 aliphatic rings. The van der Waals surface area contributed by atoms with Crippen LogP contribution < -0.4 is 10.6 Å². The van der Waals surface area contributed by atoms with Crippen LogP contribution in [0.2, 0.25) is 0 Å². The first-order chi connectivity index (χ1) is 6.09. The molecule has 2 atom stereocenters. The Morgan fingerprint density at radius 2 is 2.23 bits per heavy atom. The van der Waals surface area contributed by atoms with Crippen molar-refractivity contribution in [3.8, 4) is 0 Å². The van der Waals surface area contributed by atoms with Gasteiger partial charge in [0.1, 0.15) is 0 Å². The predicted molar refractivity (Wildman–Crippen MR) is 53.5 cm³/mol. The molecule has 0 aromatic rings. The van der Waals surface area contributed by atoms with Crippen LogP contribution in [0.25, 0.3) is 0 Å². The summed E-state index contributed by atoms with van der Waals surface area (Å²) in [7, 11) is 0. The normalized spacial score (nSPS) is 28.9. The molecule has 3 heteroatoms. The molecule has 1 fully saturated rings. The molecule has 1 saturated heterocycles. The highest BCUT2D eigenvalue weighted by Crippen LogP contribution is 2.15. The molecule has 1 rings (SSSR count). The van der Waals surface area contributed by atoms with Gasteiger partial charge >= 0.3 is 0 Å².